The molecule has 2 rings (SSSR count). The third kappa shape index (κ3) is 0.881. The molecule has 0 spiro atoms. The smallest absolute Gasteiger partial charge is 0.153 e. The molecule has 0 aliphatic heterocycles. The molecule has 0 saturated carbocycles. The number of nitrogens with one attached hydrogen (secondary N) is 1. The van der Waals surface area contributed by atoms with Crippen molar-refractivity contribution < 1.29 is 4.42 Å². The first-order valence-electron chi connectivity index (χ1n) is 3.20. The molecule has 2 aromatic rings. The Morgan fingerprint density at radius 3 is 3.00 bits per heavy atom. The van der Waals surface area contributed by atoms with Crippen LogP contribution in [0.5, 0.6) is 0 Å². The summed E-state index contributed by atoms with van der Waals surface area (Å²) in [6.07, 6.45) is 3.13. The molecule has 4 heteroatoms. The van der Waals surface area contributed by atoms with Crippen LogP contribution in [0.3, 0.4) is 0 Å². The lowest BCUT2D eigenvalue weighted by Gasteiger charge is -1.90. The van der Waals surface area contributed by atoms with Crippen LogP contribution in [-0.2, 0) is 0 Å². The van der Waals surface area contributed by atoms with Gasteiger partial charge in [0.15, 0.2) is 11.6 Å². The lowest BCUT2D eigenvalue weighted by atomic mass is 10.3. The zero-order chi connectivity index (χ0) is 7.68. The summed E-state index contributed by atoms with van der Waals surface area (Å²) < 4.78 is 5.11. The molecule has 56 valence electrons. The first kappa shape index (κ1) is 6.03. The lowest BCUT2D eigenvalue weighted by molar-refractivity contribution is 0.580. The summed E-state index contributed by atoms with van der Waals surface area (Å²) in [6.45, 7) is 0. The van der Waals surface area contributed by atoms with Crippen molar-refractivity contribution in [3.63, 3.8) is 0 Å². The van der Waals surface area contributed by atoms with E-state index in [1.807, 2.05) is 6.07 Å². The van der Waals surface area contributed by atoms with Gasteiger partial charge in [0.25, 0.3) is 0 Å². The fourth-order valence-corrected chi connectivity index (χ4v) is 0.923. The van der Waals surface area contributed by atoms with Crippen LogP contribution in [-0.4, -0.2) is 9.97 Å². The maximum absolute atomic E-state index is 5.53. The number of rotatable bonds is 1. The molecule has 0 aliphatic rings. The molecular formula is C7H7N3O. The molecule has 0 saturated heterocycles. The number of H-pyrrole nitrogens is 1. The number of nitrogens with zero attached hydrogens (tertiary/aromatic N) is 1. The Bertz CT molecular complexity index is 336. The fraction of sp³-hybridized carbons (Fsp3) is 0. The van der Waals surface area contributed by atoms with Crippen LogP contribution >= 0.6 is 0 Å². The Morgan fingerprint density at radius 2 is 2.45 bits per heavy atom. The Kier molecular flexibility index (Phi) is 1.18. The molecule has 0 atom stereocenters. The number of aromatic amines is 1. The minimum absolute atomic E-state index is 0.458. The van der Waals surface area contributed by atoms with Crippen LogP contribution < -0.4 is 5.73 Å². The van der Waals surface area contributed by atoms with Gasteiger partial charge in [0.2, 0.25) is 0 Å². The molecule has 3 N–H and O–H groups in total. The molecule has 11 heavy (non-hydrogen) atoms. The van der Waals surface area contributed by atoms with Gasteiger partial charge in [0, 0.05) is 0 Å². The van der Waals surface area contributed by atoms with Crippen molar-refractivity contribution in [3.8, 4) is 11.5 Å². The Morgan fingerprint density at radius 1 is 1.55 bits per heavy atom. The zero-order valence-electron chi connectivity index (χ0n) is 5.74. The third-order valence-corrected chi connectivity index (χ3v) is 1.44. The second-order valence-corrected chi connectivity index (χ2v) is 2.14. The van der Waals surface area contributed by atoms with Gasteiger partial charge in [-0.2, -0.15) is 0 Å². The van der Waals surface area contributed by atoms with Crippen LogP contribution in [0.4, 0.5) is 5.82 Å². The van der Waals surface area contributed by atoms with Crippen molar-refractivity contribution in [2.75, 3.05) is 5.73 Å². The zero-order valence-corrected chi connectivity index (χ0v) is 5.74. The van der Waals surface area contributed by atoms with Gasteiger partial charge < -0.3 is 15.1 Å². The number of anilines is 1. The number of hydrogen-bond donors (Lipinski definition) is 2. The molecule has 2 heterocycles. The SMILES string of the molecule is Nc1nc[nH]c1-c1ccco1. The molecule has 0 fully saturated rings. The summed E-state index contributed by atoms with van der Waals surface area (Å²) in [7, 11) is 0. The minimum atomic E-state index is 0.458. The molecule has 2 aromatic heterocycles. The molecule has 0 aromatic carbocycles. The molecule has 0 aliphatic carbocycles. The highest BCUT2D eigenvalue weighted by atomic mass is 16.3. The van der Waals surface area contributed by atoms with Crippen molar-refractivity contribution in [3.05, 3.63) is 24.7 Å². The van der Waals surface area contributed by atoms with Crippen molar-refractivity contribution in [2.24, 2.45) is 0 Å². The van der Waals surface area contributed by atoms with Crippen molar-refractivity contribution in [2.45, 2.75) is 0 Å². The maximum atomic E-state index is 5.53. The maximum Gasteiger partial charge on any atom is 0.153 e. The average molecular weight is 149 g/mol. The second-order valence-electron chi connectivity index (χ2n) is 2.14. The fourth-order valence-electron chi connectivity index (χ4n) is 0.923. The van der Waals surface area contributed by atoms with Gasteiger partial charge >= 0.3 is 0 Å². The number of hydrogen-bond acceptors (Lipinski definition) is 3. The van der Waals surface area contributed by atoms with Gasteiger partial charge in [-0.25, -0.2) is 4.98 Å². The first-order valence-corrected chi connectivity index (χ1v) is 3.20. The molecular weight excluding hydrogens is 142 g/mol. The van der Waals surface area contributed by atoms with E-state index in [0.29, 0.717) is 11.6 Å². The summed E-state index contributed by atoms with van der Waals surface area (Å²) in [5.74, 6) is 1.17. The standard InChI is InChI=1S/C7H7N3O/c8-7-6(9-4-10-7)5-2-1-3-11-5/h1-4H,8H2,(H,9,10). The van der Waals surface area contributed by atoms with E-state index in [1.54, 1.807) is 12.3 Å². The van der Waals surface area contributed by atoms with Gasteiger partial charge in [-0.05, 0) is 12.1 Å². The van der Waals surface area contributed by atoms with Crippen LogP contribution in [0, 0.1) is 0 Å². The predicted octanol–water partition coefficient (Wildman–Crippen LogP) is 1.25. The van der Waals surface area contributed by atoms with Gasteiger partial charge in [0.1, 0.15) is 5.69 Å². The number of imidazole rings is 1. The predicted molar refractivity (Wildman–Crippen MR) is 40.7 cm³/mol. The van der Waals surface area contributed by atoms with E-state index in [-0.39, 0.29) is 0 Å². The summed E-state index contributed by atoms with van der Waals surface area (Å²) in [5, 5.41) is 0. The summed E-state index contributed by atoms with van der Waals surface area (Å²) in [6, 6.07) is 3.62. The number of nitrogens with two attached hydrogens (primary N) is 1. The van der Waals surface area contributed by atoms with E-state index in [4.69, 9.17) is 10.2 Å². The van der Waals surface area contributed by atoms with Gasteiger partial charge in [-0.1, -0.05) is 0 Å². The lowest BCUT2D eigenvalue weighted by Crippen LogP contribution is -1.86. The Balaban J connectivity index is 2.53. The minimum Gasteiger partial charge on any atom is -0.463 e. The largest absolute Gasteiger partial charge is 0.463 e. The van der Waals surface area contributed by atoms with E-state index in [1.165, 1.54) is 6.33 Å². The van der Waals surface area contributed by atoms with Gasteiger partial charge in [0.05, 0.1) is 12.6 Å². The summed E-state index contributed by atoms with van der Waals surface area (Å²) in [4.78, 5) is 6.71. The number of nitrogen functional groups attached to an aromatic ring is 1. The second kappa shape index (κ2) is 2.16. The van der Waals surface area contributed by atoms with Crippen LogP contribution in [0.1, 0.15) is 0 Å². The normalized spacial score (nSPS) is 10.2. The quantitative estimate of drug-likeness (QED) is 0.641. The van der Waals surface area contributed by atoms with Crippen LogP contribution in [0.25, 0.3) is 11.5 Å². The monoisotopic (exact) mass is 149 g/mol. The van der Waals surface area contributed by atoms with E-state index in [2.05, 4.69) is 9.97 Å². The van der Waals surface area contributed by atoms with Gasteiger partial charge in [-0.15, -0.1) is 0 Å². The number of furan rings is 1. The van der Waals surface area contributed by atoms with E-state index >= 15 is 0 Å². The first-order chi connectivity index (χ1) is 5.38. The van der Waals surface area contributed by atoms with E-state index in [0.717, 1.165) is 5.69 Å². The highest BCUT2D eigenvalue weighted by Gasteiger charge is 2.05. The Hall–Kier alpha value is -1.71. The van der Waals surface area contributed by atoms with Gasteiger partial charge in [-0.3, -0.25) is 0 Å². The van der Waals surface area contributed by atoms with Crippen molar-refractivity contribution in [1.29, 1.82) is 0 Å². The van der Waals surface area contributed by atoms with E-state index < -0.39 is 0 Å². The molecule has 4 nitrogen and oxygen atoms in total. The number of aromatic nitrogens is 2. The summed E-state index contributed by atoms with van der Waals surface area (Å²) in [5.41, 5.74) is 6.26. The third-order valence-electron chi connectivity index (χ3n) is 1.44. The van der Waals surface area contributed by atoms with Crippen LogP contribution in [0.2, 0.25) is 0 Å². The topological polar surface area (TPSA) is 67.8 Å². The van der Waals surface area contributed by atoms with Crippen molar-refractivity contribution >= 4 is 5.82 Å². The molecule has 0 unspecified atom stereocenters. The Labute approximate surface area is 63.1 Å². The molecule has 0 amide bonds. The summed E-state index contributed by atoms with van der Waals surface area (Å²) >= 11 is 0. The van der Waals surface area contributed by atoms with Crippen LogP contribution in [0.15, 0.2) is 29.1 Å². The molecule has 0 bridgehead atoms. The van der Waals surface area contributed by atoms with Crippen molar-refractivity contribution in [1.82, 2.24) is 9.97 Å². The highest BCUT2D eigenvalue weighted by Crippen LogP contribution is 2.21. The van der Waals surface area contributed by atoms with E-state index in [9.17, 15) is 0 Å². The highest BCUT2D eigenvalue weighted by molar-refractivity contribution is 5.64. The molecule has 0 radical (unpaired) electrons. The average Bonchev–Trinajstić information content (AvgIpc) is 2.55.